The second-order valence-electron chi connectivity index (χ2n) is 4.16. The van der Waals surface area contributed by atoms with Crippen molar-refractivity contribution < 1.29 is 9.53 Å². The van der Waals surface area contributed by atoms with Crippen LogP contribution in [0.25, 0.3) is 0 Å². The number of pyridine rings is 1. The normalized spacial score (nSPS) is 10.5. The van der Waals surface area contributed by atoms with E-state index in [0.29, 0.717) is 24.5 Å². The van der Waals surface area contributed by atoms with E-state index in [9.17, 15) is 4.79 Å². The number of nitrogens with zero attached hydrogens (tertiary/aromatic N) is 2. The molecule has 0 atom stereocenters. The van der Waals surface area contributed by atoms with Crippen molar-refractivity contribution in [2.24, 2.45) is 5.84 Å². The Morgan fingerprint density at radius 2 is 2.28 bits per heavy atom. The molecule has 0 radical (unpaired) electrons. The molecule has 0 unspecified atom stereocenters. The van der Waals surface area contributed by atoms with Crippen LogP contribution in [0.1, 0.15) is 24.3 Å². The first kappa shape index (κ1) is 14.4. The van der Waals surface area contributed by atoms with Gasteiger partial charge in [-0.1, -0.05) is 0 Å². The van der Waals surface area contributed by atoms with E-state index in [1.807, 2.05) is 13.8 Å². The van der Waals surface area contributed by atoms with E-state index in [0.717, 1.165) is 0 Å². The van der Waals surface area contributed by atoms with Crippen molar-refractivity contribution in [2.75, 3.05) is 25.7 Å². The topological polar surface area (TPSA) is 80.5 Å². The van der Waals surface area contributed by atoms with E-state index in [1.165, 1.54) is 6.20 Å². The number of amides is 1. The maximum absolute atomic E-state index is 12.2. The Morgan fingerprint density at radius 1 is 1.56 bits per heavy atom. The van der Waals surface area contributed by atoms with E-state index < -0.39 is 0 Å². The van der Waals surface area contributed by atoms with Crippen LogP contribution in [-0.2, 0) is 4.74 Å². The highest BCUT2D eigenvalue weighted by Gasteiger charge is 2.19. The lowest BCUT2D eigenvalue weighted by atomic mass is 10.2. The van der Waals surface area contributed by atoms with Crippen molar-refractivity contribution in [3.8, 4) is 0 Å². The second kappa shape index (κ2) is 6.93. The Balaban J connectivity index is 2.80. The summed E-state index contributed by atoms with van der Waals surface area (Å²) in [5, 5.41) is 0. The first-order valence-electron chi connectivity index (χ1n) is 5.82. The number of carbonyl (C=O) groups is 1. The first-order valence-corrected chi connectivity index (χ1v) is 5.82. The van der Waals surface area contributed by atoms with Gasteiger partial charge in [0.15, 0.2) is 0 Å². The number of hydrogen-bond acceptors (Lipinski definition) is 5. The van der Waals surface area contributed by atoms with Gasteiger partial charge in [-0.3, -0.25) is 10.6 Å². The third-order valence-corrected chi connectivity index (χ3v) is 2.57. The molecule has 1 rings (SSSR count). The maximum Gasteiger partial charge on any atom is 0.272 e. The van der Waals surface area contributed by atoms with Gasteiger partial charge in [-0.05, 0) is 26.0 Å². The largest absolute Gasteiger partial charge is 0.383 e. The summed E-state index contributed by atoms with van der Waals surface area (Å²) < 4.78 is 5.00. The number of nitrogens with one attached hydrogen (secondary N) is 1. The first-order chi connectivity index (χ1) is 8.60. The van der Waals surface area contributed by atoms with Crippen LogP contribution in [0, 0.1) is 0 Å². The molecular formula is C12H20N4O2. The summed E-state index contributed by atoms with van der Waals surface area (Å²) in [7, 11) is 1.61. The molecule has 0 bridgehead atoms. The Kier molecular flexibility index (Phi) is 5.54. The molecule has 0 spiro atoms. The molecule has 0 saturated carbocycles. The van der Waals surface area contributed by atoms with Crippen molar-refractivity contribution in [1.82, 2.24) is 9.88 Å². The van der Waals surface area contributed by atoms with Crippen LogP contribution < -0.4 is 11.3 Å². The van der Waals surface area contributed by atoms with Crippen LogP contribution in [0.5, 0.6) is 0 Å². The van der Waals surface area contributed by atoms with Crippen LogP contribution in [0.15, 0.2) is 18.3 Å². The highest BCUT2D eigenvalue weighted by atomic mass is 16.5. The number of methoxy groups -OCH3 is 1. The summed E-state index contributed by atoms with van der Waals surface area (Å²) in [6.07, 6.45) is 1.53. The predicted octanol–water partition coefficient (Wildman–Crippen LogP) is 0.864. The maximum atomic E-state index is 12.2. The number of nitrogens with two attached hydrogens (primary N) is 1. The minimum Gasteiger partial charge on any atom is -0.383 e. The minimum absolute atomic E-state index is 0.0989. The number of aromatic nitrogens is 1. The van der Waals surface area contributed by atoms with E-state index in [1.54, 1.807) is 24.1 Å². The lowest BCUT2D eigenvalue weighted by Gasteiger charge is -2.26. The summed E-state index contributed by atoms with van der Waals surface area (Å²) in [6.45, 7) is 4.98. The summed E-state index contributed by atoms with van der Waals surface area (Å²) in [6, 6.07) is 3.47. The van der Waals surface area contributed by atoms with Gasteiger partial charge in [-0.15, -0.1) is 0 Å². The predicted molar refractivity (Wildman–Crippen MR) is 70.1 cm³/mol. The molecular weight excluding hydrogens is 232 g/mol. The van der Waals surface area contributed by atoms with Crippen LogP contribution in [0.4, 0.5) is 5.69 Å². The average Bonchev–Trinajstić information content (AvgIpc) is 2.38. The van der Waals surface area contributed by atoms with E-state index >= 15 is 0 Å². The number of rotatable bonds is 6. The van der Waals surface area contributed by atoms with Gasteiger partial charge >= 0.3 is 0 Å². The smallest absolute Gasteiger partial charge is 0.272 e. The third kappa shape index (κ3) is 3.68. The quantitative estimate of drug-likeness (QED) is 0.580. The molecule has 100 valence electrons. The highest BCUT2D eigenvalue weighted by molar-refractivity contribution is 5.92. The van der Waals surface area contributed by atoms with Gasteiger partial charge in [-0.25, -0.2) is 4.98 Å². The molecule has 3 N–H and O–H groups in total. The molecule has 1 aromatic heterocycles. The van der Waals surface area contributed by atoms with Gasteiger partial charge in [0.25, 0.3) is 5.91 Å². The molecule has 0 aliphatic carbocycles. The fourth-order valence-electron chi connectivity index (χ4n) is 1.54. The summed E-state index contributed by atoms with van der Waals surface area (Å²) in [5.74, 6) is 5.14. The number of carbonyl (C=O) groups excluding carboxylic acids is 1. The van der Waals surface area contributed by atoms with Crippen LogP contribution in [0.3, 0.4) is 0 Å². The standard InChI is InChI=1S/C12H20N4O2/c1-9(2)16(6-7-18-3)12(17)11-5-4-10(15-13)8-14-11/h4-5,8-9,15H,6-7,13H2,1-3H3. The molecule has 0 aliphatic heterocycles. The molecule has 18 heavy (non-hydrogen) atoms. The Hall–Kier alpha value is -1.66. The molecule has 1 heterocycles. The number of hydrazine groups is 1. The molecule has 0 aromatic carbocycles. The van der Waals surface area contributed by atoms with E-state index in [-0.39, 0.29) is 11.9 Å². The third-order valence-electron chi connectivity index (χ3n) is 2.57. The van der Waals surface area contributed by atoms with Crippen molar-refractivity contribution in [3.63, 3.8) is 0 Å². The highest BCUT2D eigenvalue weighted by Crippen LogP contribution is 2.09. The fourth-order valence-corrected chi connectivity index (χ4v) is 1.54. The van der Waals surface area contributed by atoms with Crippen LogP contribution >= 0.6 is 0 Å². The Morgan fingerprint density at radius 3 is 2.72 bits per heavy atom. The van der Waals surface area contributed by atoms with Crippen molar-refractivity contribution >= 4 is 11.6 Å². The van der Waals surface area contributed by atoms with Crippen LogP contribution in [-0.4, -0.2) is 42.1 Å². The van der Waals surface area contributed by atoms with Gasteiger partial charge in [-0.2, -0.15) is 0 Å². The number of ether oxygens (including phenoxy) is 1. The van der Waals surface area contributed by atoms with Crippen LogP contribution in [0.2, 0.25) is 0 Å². The summed E-state index contributed by atoms with van der Waals surface area (Å²) in [4.78, 5) is 18.1. The lowest BCUT2D eigenvalue weighted by Crippen LogP contribution is -2.39. The van der Waals surface area contributed by atoms with Gasteiger partial charge in [0.2, 0.25) is 0 Å². The van der Waals surface area contributed by atoms with Gasteiger partial charge < -0.3 is 15.1 Å². The molecule has 0 saturated heterocycles. The van der Waals surface area contributed by atoms with Crippen molar-refractivity contribution in [2.45, 2.75) is 19.9 Å². The van der Waals surface area contributed by atoms with Gasteiger partial charge in [0, 0.05) is 19.7 Å². The molecule has 1 aromatic rings. The van der Waals surface area contributed by atoms with Gasteiger partial charge in [0.05, 0.1) is 18.5 Å². The minimum atomic E-state index is -0.106. The number of hydrogen-bond donors (Lipinski definition) is 2. The zero-order valence-corrected chi connectivity index (χ0v) is 11.0. The molecule has 0 aliphatic rings. The number of anilines is 1. The Labute approximate surface area is 107 Å². The second-order valence-corrected chi connectivity index (χ2v) is 4.16. The monoisotopic (exact) mass is 252 g/mol. The summed E-state index contributed by atoms with van der Waals surface area (Å²) >= 11 is 0. The van der Waals surface area contributed by atoms with Crippen molar-refractivity contribution in [1.29, 1.82) is 0 Å². The summed E-state index contributed by atoms with van der Waals surface area (Å²) in [5.41, 5.74) is 3.54. The zero-order chi connectivity index (χ0) is 13.5. The number of nitrogen functional groups attached to an aromatic ring is 1. The lowest BCUT2D eigenvalue weighted by molar-refractivity contribution is 0.0629. The molecule has 6 nitrogen and oxygen atoms in total. The van der Waals surface area contributed by atoms with Gasteiger partial charge in [0.1, 0.15) is 5.69 Å². The van der Waals surface area contributed by atoms with E-state index in [4.69, 9.17) is 10.6 Å². The van der Waals surface area contributed by atoms with E-state index in [2.05, 4.69) is 10.4 Å². The fraction of sp³-hybridized carbons (Fsp3) is 0.500. The van der Waals surface area contributed by atoms with Crippen molar-refractivity contribution in [3.05, 3.63) is 24.0 Å². The SMILES string of the molecule is COCCN(C(=O)c1ccc(NN)cn1)C(C)C. The molecule has 6 heteroatoms. The molecule has 0 fully saturated rings. The molecule has 1 amide bonds. The zero-order valence-electron chi connectivity index (χ0n) is 11.0. The Bertz CT molecular complexity index is 378. The average molecular weight is 252 g/mol.